The van der Waals surface area contributed by atoms with Crippen molar-refractivity contribution in [1.82, 2.24) is 29.6 Å². The fraction of sp³-hybridized carbons (Fsp3) is 0.407. The number of nitrogens with one attached hydrogen (secondary N) is 2. The summed E-state index contributed by atoms with van der Waals surface area (Å²) < 4.78 is 3.81. The quantitative estimate of drug-likeness (QED) is 0.461. The Morgan fingerprint density at radius 2 is 1.94 bits per heavy atom. The Morgan fingerprint density at radius 1 is 1.09 bits per heavy atom. The van der Waals surface area contributed by atoms with Crippen molar-refractivity contribution in [3.05, 3.63) is 69.9 Å². The fourth-order valence-electron chi connectivity index (χ4n) is 4.78. The van der Waals surface area contributed by atoms with Crippen LogP contribution in [0.4, 0.5) is 11.6 Å². The second kappa shape index (κ2) is 8.30. The molecule has 0 bridgehead atoms. The van der Waals surface area contributed by atoms with Gasteiger partial charge < -0.3 is 10.6 Å². The van der Waals surface area contributed by atoms with E-state index in [9.17, 15) is 4.79 Å². The Balaban J connectivity index is 1.45. The molecule has 4 heterocycles. The zero-order valence-corrected chi connectivity index (χ0v) is 20.5. The molecule has 1 saturated carbocycles. The lowest BCUT2D eigenvalue weighted by molar-refractivity contribution is 0.549. The van der Waals surface area contributed by atoms with Gasteiger partial charge in [0.2, 0.25) is 5.95 Å². The van der Waals surface area contributed by atoms with Crippen LogP contribution in [0.2, 0.25) is 0 Å². The Labute approximate surface area is 204 Å². The normalized spacial score (nSPS) is 16.2. The monoisotopic (exact) mass is 469 g/mol. The lowest BCUT2D eigenvalue weighted by atomic mass is 9.91. The van der Waals surface area contributed by atoms with Crippen LogP contribution in [0.15, 0.2) is 47.5 Å². The van der Waals surface area contributed by atoms with Gasteiger partial charge in [-0.2, -0.15) is 4.98 Å². The minimum atomic E-state index is -0.105. The predicted molar refractivity (Wildman–Crippen MR) is 138 cm³/mol. The van der Waals surface area contributed by atoms with E-state index in [-0.39, 0.29) is 17.0 Å². The van der Waals surface area contributed by atoms with E-state index >= 15 is 0 Å². The van der Waals surface area contributed by atoms with Gasteiger partial charge in [0.1, 0.15) is 5.39 Å². The van der Waals surface area contributed by atoms with E-state index in [0.717, 1.165) is 55.8 Å². The first-order valence-electron chi connectivity index (χ1n) is 12.5. The van der Waals surface area contributed by atoms with Gasteiger partial charge in [-0.15, -0.1) is 0 Å². The van der Waals surface area contributed by atoms with Crippen LogP contribution in [0.1, 0.15) is 62.9 Å². The number of anilines is 2. The summed E-state index contributed by atoms with van der Waals surface area (Å²) in [7, 11) is 0. The molecule has 0 unspecified atom stereocenters. The summed E-state index contributed by atoms with van der Waals surface area (Å²) in [6.07, 6.45) is 7.64. The number of nitrogens with zero attached hydrogens (tertiary/aromatic N) is 5. The van der Waals surface area contributed by atoms with Crippen LogP contribution in [-0.2, 0) is 18.4 Å². The molecule has 0 amide bonds. The van der Waals surface area contributed by atoms with Crippen molar-refractivity contribution in [3.8, 4) is 5.69 Å². The van der Waals surface area contributed by atoms with E-state index in [1.165, 1.54) is 11.1 Å². The maximum Gasteiger partial charge on any atom is 0.278 e. The predicted octanol–water partition coefficient (Wildman–Crippen LogP) is 4.39. The topological polar surface area (TPSA) is 89.7 Å². The number of aromatic nitrogens is 5. The van der Waals surface area contributed by atoms with Crippen molar-refractivity contribution in [1.29, 1.82) is 0 Å². The average molecular weight is 470 g/mol. The molecule has 1 aliphatic heterocycles. The van der Waals surface area contributed by atoms with Crippen LogP contribution in [0.25, 0.3) is 16.7 Å². The molecule has 6 rings (SSSR count). The molecule has 8 heteroatoms. The summed E-state index contributed by atoms with van der Waals surface area (Å²) in [6, 6.07) is 10.6. The summed E-state index contributed by atoms with van der Waals surface area (Å²) in [5, 5.41) is 7.37. The Morgan fingerprint density at radius 3 is 2.74 bits per heavy atom. The molecule has 2 N–H and O–H groups in total. The minimum Gasteiger partial charge on any atom is -0.324 e. The molecule has 4 aromatic rings. The van der Waals surface area contributed by atoms with Crippen LogP contribution in [0.5, 0.6) is 0 Å². The van der Waals surface area contributed by atoms with Crippen molar-refractivity contribution < 1.29 is 0 Å². The lowest BCUT2D eigenvalue weighted by Crippen LogP contribution is -2.22. The second-order valence-corrected chi connectivity index (χ2v) is 10.7. The third-order valence-corrected chi connectivity index (χ3v) is 6.85. The van der Waals surface area contributed by atoms with Crippen LogP contribution < -0.4 is 16.2 Å². The van der Waals surface area contributed by atoms with Gasteiger partial charge in [0.05, 0.1) is 11.7 Å². The lowest BCUT2D eigenvalue weighted by Gasteiger charge is -2.19. The van der Waals surface area contributed by atoms with Crippen LogP contribution in [0.3, 0.4) is 0 Å². The molecular weight excluding hydrogens is 438 g/mol. The molecule has 1 fully saturated rings. The molecule has 0 saturated heterocycles. The first kappa shape index (κ1) is 22.0. The molecule has 35 heavy (non-hydrogen) atoms. The molecule has 3 aromatic heterocycles. The van der Waals surface area contributed by atoms with Crippen LogP contribution in [0, 0.1) is 0 Å². The maximum absolute atomic E-state index is 13.4. The Hall–Kier alpha value is -3.52. The van der Waals surface area contributed by atoms with E-state index in [1.54, 1.807) is 6.20 Å². The minimum absolute atomic E-state index is 0.0410. The standard InChI is InChI=1S/C27H31N7O/c1-27(2,3)23-14-21(10-12-29-23)33-24-22(25(35)34(33)20-8-9-20)16-30-26(32-24)31-19-7-6-18-15-28-11-4-5-17(18)13-19/h6-7,10,12-14,16,20,28H,4-5,8-9,11,15H2,1-3H3,(H,30,31,32). The summed E-state index contributed by atoms with van der Waals surface area (Å²) in [6.45, 7) is 8.37. The zero-order chi connectivity index (χ0) is 24.2. The molecule has 8 nitrogen and oxygen atoms in total. The van der Waals surface area contributed by atoms with Gasteiger partial charge in [-0.1, -0.05) is 26.8 Å². The maximum atomic E-state index is 13.4. The average Bonchev–Trinajstić information content (AvgIpc) is 3.66. The van der Waals surface area contributed by atoms with Gasteiger partial charge in [0.25, 0.3) is 5.56 Å². The highest BCUT2D eigenvalue weighted by atomic mass is 16.1. The first-order valence-corrected chi connectivity index (χ1v) is 12.5. The fourth-order valence-corrected chi connectivity index (χ4v) is 4.78. The molecule has 0 atom stereocenters. The van der Waals surface area contributed by atoms with Gasteiger partial charge in [0.15, 0.2) is 5.65 Å². The summed E-state index contributed by atoms with van der Waals surface area (Å²) >= 11 is 0. The molecule has 1 aliphatic carbocycles. The van der Waals surface area contributed by atoms with Gasteiger partial charge in [0, 0.05) is 35.7 Å². The number of aryl methyl sites for hydroxylation is 1. The highest BCUT2D eigenvalue weighted by molar-refractivity contribution is 5.77. The number of rotatable bonds is 4. The van der Waals surface area contributed by atoms with Gasteiger partial charge in [-0.25, -0.2) is 14.3 Å². The number of hydrogen-bond acceptors (Lipinski definition) is 6. The first-order chi connectivity index (χ1) is 16.9. The van der Waals surface area contributed by atoms with Crippen molar-refractivity contribution in [2.75, 3.05) is 11.9 Å². The Bertz CT molecular complexity index is 1470. The largest absolute Gasteiger partial charge is 0.324 e. The SMILES string of the molecule is CC(C)(C)c1cc(-n2c3nc(Nc4ccc5c(c4)CCCNC5)ncc3c(=O)n2C2CC2)ccn1. The molecule has 1 aromatic carbocycles. The number of fused-ring (bicyclic) bond motifs is 2. The molecular formula is C27H31N7O. The molecule has 0 radical (unpaired) electrons. The highest BCUT2D eigenvalue weighted by Crippen LogP contribution is 2.36. The smallest absolute Gasteiger partial charge is 0.278 e. The van der Waals surface area contributed by atoms with Crippen molar-refractivity contribution in [2.24, 2.45) is 0 Å². The van der Waals surface area contributed by atoms with E-state index in [4.69, 9.17) is 4.98 Å². The van der Waals surface area contributed by atoms with Crippen molar-refractivity contribution >= 4 is 22.7 Å². The number of pyridine rings is 1. The Kier molecular flexibility index (Phi) is 5.21. The molecule has 0 spiro atoms. The molecule has 180 valence electrons. The van der Waals surface area contributed by atoms with Gasteiger partial charge >= 0.3 is 0 Å². The van der Waals surface area contributed by atoms with Gasteiger partial charge in [-0.3, -0.25) is 9.78 Å². The van der Waals surface area contributed by atoms with Crippen LogP contribution in [-0.4, -0.2) is 30.9 Å². The summed E-state index contributed by atoms with van der Waals surface area (Å²) in [4.78, 5) is 27.3. The number of hydrogen-bond donors (Lipinski definition) is 2. The zero-order valence-electron chi connectivity index (χ0n) is 20.5. The van der Waals surface area contributed by atoms with Gasteiger partial charge in [-0.05, 0) is 67.6 Å². The van der Waals surface area contributed by atoms with E-state index < -0.39 is 0 Å². The second-order valence-electron chi connectivity index (χ2n) is 10.7. The van der Waals surface area contributed by atoms with E-state index in [0.29, 0.717) is 17.0 Å². The number of benzene rings is 1. The van der Waals surface area contributed by atoms with Crippen LogP contribution >= 0.6 is 0 Å². The molecule has 2 aliphatic rings. The third kappa shape index (κ3) is 4.12. The highest BCUT2D eigenvalue weighted by Gasteiger charge is 2.31. The summed E-state index contributed by atoms with van der Waals surface area (Å²) in [5.41, 5.74) is 5.98. The summed E-state index contributed by atoms with van der Waals surface area (Å²) in [5.74, 6) is 0.482. The van der Waals surface area contributed by atoms with Crippen molar-refractivity contribution in [3.63, 3.8) is 0 Å². The third-order valence-electron chi connectivity index (χ3n) is 6.85. The van der Waals surface area contributed by atoms with Crippen molar-refractivity contribution in [2.45, 2.75) is 64.5 Å². The van der Waals surface area contributed by atoms with E-state index in [1.807, 2.05) is 21.6 Å². The van der Waals surface area contributed by atoms with E-state index in [2.05, 4.69) is 65.6 Å².